The van der Waals surface area contributed by atoms with Crippen LogP contribution >= 0.6 is 15.9 Å². The van der Waals surface area contributed by atoms with Crippen LogP contribution in [0.25, 0.3) is 0 Å². The molecule has 0 aliphatic carbocycles. The summed E-state index contributed by atoms with van der Waals surface area (Å²) in [4.78, 5) is 11.6. The normalized spacial score (nSPS) is 10.8. The minimum atomic E-state index is 0.0807. The molecule has 0 N–H and O–H groups in total. The molecule has 1 aromatic rings. The van der Waals surface area contributed by atoms with Crippen LogP contribution in [0.3, 0.4) is 0 Å². The zero-order valence-electron chi connectivity index (χ0n) is 9.92. The van der Waals surface area contributed by atoms with Crippen molar-refractivity contribution < 1.29 is 9.53 Å². The van der Waals surface area contributed by atoms with Crippen LogP contribution < -0.4 is 0 Å². The summed E-state index contributed by atoms with van der Waals surface area (Å²) in [6.45, 7) is 4.75. The van der Waals surface area contributed by atoms with Crippen LogP contribution in [0.15, 0.2) is 4.47 Å². The molecule has 16 heavy (non-hydrogen) atoms. The highest BCUT2D eigenvalue weighted by Crippen LogP contribution is 2.20. The van der Waals surface area contributed by atoms with Crippen LogP contribution in [0.5, 0.6) is 0 Å². The smallest absolute Gasteiger partial charge is 0.164 e. The van der Waals surface area contributed by atoms with Gasteiger partial charge in [0.25, 0.3) is 0 Å². The lowest BCUT2D eigenvalue weighted by Crippen LogP contribution is -2.14. The predicted molar refractivity (Wildman–Crippen MR) is 65.5 cm³/mol. The Kier molecular flexibility index (Phi) is 5.15. The van der Waals surface area contributed by atoms with E-state index in [4.69, 9.17) is 4.74 Å². The number of aryl methyl sites for hydroxylation is 2. The number of hydrogen-bond donors (Lipinski definition) is 0. The second-order valence-electron chi connectivity index (χ2n) is 3.74. The SMILES string of the molecule is CCCOCC(=O)Cc1c(Br)c(C)nn1C. The summed E-state index contributed by atoms with van der Waals surface area (Å²) in [7, 11) is 1.84. The van der Waals surface area contributed by atoms with Gasteiger partial charge in [-0.15, -0.1) is 0 Å². The van der Waals surface area contributed by atoms with Crippen LogP contribution in [0.2, 0.25) is 0 Å². The Balaban J connectivity index is 2.56. The van der Waals surface area contributed by atoms with E-state index in [0.717, 1.165) is 22.3 Å². The van der Waals surface area contributed by atoms with Gasteiger partial charge in [0, 0.05) is 13.7 Å². The molecular weight excluding hydrogens is 272 g/mol. The maximum Gasteiger partial charge on any atom is 0.164 e. The molecule has 0 aliphatic rings. The number of ether oxygens (including phenoxy) is 1. The minimum absolute atomic E-state index is 0.0807. The van der Waals surface area contributed by atoms with E-state index >= 15 is 0 Å². The third kappa shape index (κ3) is 3.42. The number of carbonyl (C=O) groups is 1. The van der Waals surface area contributed by atoms with Gasteiger partial charge in [-0.3, -0.25) is 9.48 Å². The highest BCUT2D eigenvalue weighted by molar-refractivity contribution is 9.10. The molecule has 0 aliphatic heterocycles. The summed E-state index contributed by atoms with van der Waals surface area (Å²) in [5.74, 6) is 0.0807. The van der Waals surface area contributed by atoms with E-state index in [9.17, 15) is 4.79 Å². The summed E-state index contributed by atoms with van der Waals surface area (Å²) in [6.07, 6.45) is 1.30. The molecule has 4 nitrogen and oxygen atoms in total. The Labute approximate surface area is 104 Å². The fourth-order valence-corrected chi connectivity index (χ4v) is 1.92. The number of halogens is 1. The van der Waals surface area contributed by atoms with Crippen molar-refractivity contribution >= 4 is 21.7 Å². The fourth-order valence-electron chi connectivity index (χ4n) is 1.44. The maximum atomic E-state index is 11.6. The fraction of sp³-hybridized carbons (Fsp3) is 0.636. The van der Waals surface area contributed by atoms with Gasteiger partial charge in [0.05, 0.1) is 22.3 Å². The number of carbonyl (C=O) groups excluding carboxylic acids is 1. The third-order valence-electron chi connectivity index (χ3n) is 2.24. The van der Waals surface area contributed by atoms with Crippen LogP contribution in [-0.2, 0) is 23.0 Å². The van der Waals surface area contributed by atoms with Crippen molar-refractivity contribution in [1.82, 2.24) is 9.78 Å². The van der Waals surface area contributed by atoms with Crippen LogP contribution in [0, 0.1) is 6.92 Å². The summed E-state index contributed by atoms with van der Waals surface area (Å²) in [6, 6.07) is 0. The third-order valence-corrected chi connectivity index (χ3v) is 3.27. The summed E-state index contributed by atoms with van der Waals surface area (Å²) >= 11 is 3.43. The first kappa shape index (κ1) is 13.4. The van der Waals surface area contributed by atoms with Crippen molar-refractivity contribution in [3.05, 3.63) is 15.9 Å². The number of Topliss-reactive ketones (excluding diaryl/α,β-unsaturated/α-hetero) is 1. The van der Waals surface area contributed by atoms with E-state index < -0.39 is 0 Å². The van der Waals surface area contributed by atoms with E-state index in [1.807, 2.05) is 20.9 Å². The predicted octanol–water partition coefficient (Wildman–Crippen LogP) is 2.03. The van der Waals surface area contributed by atoms with Gasteiger partial charge in [0.1, 0.15) is 6.61 Å². The van der Waals surface area contributed by atoms with Crippen molar-refractivity contribution in [3.63, 3.8) is 0 Å². The molecule has 0 unspecified atom stereocenters. The van der Waals surface area contributed by atoms with Crippen molar-refractivity contribution in [2.45, 2.75) is 26.7 Å². The maximum absolute atomic E-state index is 11.6. The average Bonchev–Trinajstić information content (AvgIpc) is 2.46. The molecule has 90 valence electrons. The molecule has 1 rings (SSSR count). The molecule has 5 heteroatoms. The molecule has 0 aromatic carbocycles. The van der Waals surface area contributed by atoms with Crippen LogP contribution in [0.1, 0.15) is 24.7 Å². The van der Waals surface area contributed by atoms with Gasteiger partial charge in [-0.05, 0) is 29.3 Å². The lowest BCUT2D eigenvalue weighted by atomic mass is 10.2. The van der Waals surface area contributed by atoms with Gasteiger partial charge in [0.15, 0.2) is 5.78 Å². The number of aromatic nitrogens is 2. The van der Waals surface area contributed by atoms with Crippen LogP contribution in [-0.4, -0.2) is 28.8 Å². The lowest BCUT2D eigenvalue weighted by Gasteiger charge is -2.03. The summed E-state index contributed by atoms with van der Waals surface area (Å²) in [5, 5.41) is 4.24. The highest BCUT2D eigenvalue weighted by Gasteiger charge is 2.14. The monoisotopic (exact) mass is 288 g/mol. The molecule has 0 radical (unpaired) electrons. The van der Waals surface area contributed by atoms with Gasteiger partial charge in [-0.1, -0.05) is 6.92 Å². The van der Waals surface area contributed by atoms with E-state index in [1.54, 1.807) is 4.68 Å². The number of hydrogen-bond acceptors (Lipinski definition) is 3. The van der Waals surface area contributed by atoms with Crippen LogP contribution in [0.4, 0.5) is 0 Å². The van der Waals surface area contributed by atoms with Gasteiger partial charge >= 0.3 is 0 Å². The van der Waals surface area contributed by atoms with Crippen molar-refractivity contribution in [2.75, 3.05) is 13.2 Å². The minimum Gasteiger partial charge on any atom is -0.374 e. The summed E-state index contributed by atoms with van der Waals surface area (Å²) in [5.41, 5.74) is 1.81. The second-order valence-corrected chi connectivity index (χ2v) is 4.53. The van der Waals surface area contributed by atoms with Gasteiger partial charge in [-0.2, -0.15) is 5.10 Å². The second kappa shape index (κ2) is 6.15. The molecule has 0 saturated heterocycles. The van der Waals surface area contributed by atoms with Crippen molar-refractivity contribution in [3.8, 4) is 0 Å². The van der Waals surface area contributed by atoms with E-state index in [1.165, 1.54) is 0 Å². The zero-order valence-corrected chi connectivity index (χ0v) is 11.5. The quantitative estimate of drug-likeness (QED) is 0.753. The number of nitrogens with zero attached hydrogens (tertiary/aromatic N) is 2. The van der Waals surface area contributed by atoms with Crippen molar-refractivity contribution in [2.24, 2.45) is 7.05 Å². The van der Waals surface area contributed by atoms with Gasteiger partial charge < -0.3 is 4.74 Å². The molecule has 1 aromatic heterocycles. The standard InChI is InChI=1S/C11H17BrN2O2/c1-4-5-16-7-9(15)6-10-11(12)8(2)13-14(10)3/h4-7H2,1-3H3. The van der Waals surface area contributed by atoms with Crippen molar-refractivity contribution in [1.29, 1.82) is 0 Å². The Morgan fingerprint density at radius 2 is 2.25 bits per heavy atom. The molecular formula is C11H17BrN2O2. The Hall–Kier alpha value is -0.680. The molecule has 0 atom stereocenters. The lowest BCUT2D eigenvalue weighted by molar-refractivity contribution is -0.123. The van der Waals surface area contributed by atoms with E-state index in [-0.39, 0.29) is 12.4 Å². The Bertz CT molecular complexity index is 374. The number of ketones is 1. The van der Waals surface area contributed by atoms with Gasteiger partial charge in [0.2, 0.25) is 0 Å². The first-order valence-electron chi connectivity index (χ1n) is 5.33. The highest BCUT2D eigenvalue weighted by atomic mass is 79.9. The molecule has 0 saturated carbocycles. The topological polar surface area (TPSA) is 44.1 Å². The summed E-state index contributed by atoms with van der Waals surface area (Å²) < 4.78 is 7.86. The average molecular weight is 289 g/mol. The molecule has 0 spiro atoms. The first-order chi connectivity index (χ1) is 7.56. The number of rotatable bonds is 6. The first-order valence-corrected chi connectivity index (χ1v) is 6.13. The molecule has 0 fully saturated rings. The largest absolute Gasteiger partial charge is 0.374 e. The zero-order chi connectivity index (χ0) is 12.1. The van der Waals surface area contributed by atoms with E-state index in [0.29, 0.717) is 13.0 Å². The van der Waals surface area contributed by atoms with E-state index in [2.05, 4.69) is 21.0 Å². The Morgan fingerprint density at radius 1 is 1.56 bits per heavy atom. The molecule has 0 amide bonds. The molecule has 0 bridgehead atoms. The Morgan fingerprint density at radius 3 is 2.75 bits per heavy atom. The van der Waals surface area contributed by atoms with Gasteiger partial charge in [-0.25, -0.2) is 0 Å². The molecule has 1 heterocycles.